The van der Waals surface area contributed by atoms with E-state index < -0.39 is 0 Å². The summed E-state index contributed by atoms with van der Waals surface area (Å²) in [6, 6.07) is 18.3. The topological polar surface area (TPSA) is 35.6 Å². The van der Waals surface area contributed by atoms with Gasteiger partial charge in [-0.3, -0.25) is 9.69 Å². The van der Waals surface area contributed by atoms with Crippen LogP contribution in [0, 0.1) is 6.92 Å². The van der Waals surface area contributed by atoms with Crippen molar-refractivity contribution in [1.82, 2.24) is 15.1 Å². The molecule has 2 aromatic rings. The van der Waals surface area contributed by atoms with E-state index in [9.17, 15) is 4.79 Å². The van der Waals surface area contributed by atoms with Crippen molar-refractivity contribution >= 4 is 5.91 Å². The lowest BCUT2D eigenvalue weighted by molar-refractivity contribution is 0.0886. The van der Waals surface area contributed by atoms with Crippen LogP contribution < -0.4 is 5.32 Å². The number of nitrogens with zero attached hydrogens (tertiary/aromatic N) is 2. The van der Waals surface area contributed by atoms with Gasteiger partial charge in [0.2, 0.25) is 0 Å². The van der Waals surface area contributed by atoms with Crippen LogP contribution in [0.4, 0.5) is 0 Å². The molecule has 1 aliphatic heterocycles. The van der Waals surface area contributed by atoms with Crippen LogP contribution in [0.15, 0.2) is 54.6 Å². The lowest BCUT2D eigenvalue weighted by Gasteiger charge is -2.38. The average molecular weight is 337 g/mol. The number of benzene rings is 2. The second kappa shape index (κ2) is 8.28. The van der Waals surface area contributed by atoms with Crippen molar-refractivity contribution in [3.63, 3.8) is 0 Å². The van der Waals surface area contributed by atoms with Crippen LogP contribution in [0.2, 0.25) is 0 Å². The Morgan fingerprint density at radius 1 is 1.00 bits per heavy atom. The molecule has 1 saturated heterocycles. The molecule has 1 N–H and O–H groups in total. The molecule has 0 aliphatic carbocycles. The molecule has 4 heteroatoms. The predicted octanol–water partition coefficient (Wildman–Crippen LogP) is 2.71. The molecule has 0 aromatic heterocycles. The van der Waals surface area contributed by atoms with E-state index in [1.807, 2.05) is 30.3 Å². The lowest BCUT2D eigenvalue weighted by atomic mass is 10.0. The van der Waals surface area contributed by atoms with Gasteiger partial charge >= 0.3 is 0 Å². The Morgan fingerprint density at radius 3 is 2.28 bits per heavy atom. The first-order chi connectivity index (χ1) is 12.1. The summed E-state index contributed by atoms with van der Waals surface area (Å²) in [5.41, 5.74) is 3.24. The number of carbonyl (C=O) groups is 1. The second-order valence-electron chi connectivity index (χ2n) is 6.84. The molecule has 0 bridgehead atoms. The van der Waals surface area contributed by atoms with Crippen molar-refractivity contribution in [2.45, 2.75) is 13.0 Å². The van der Waals surface area contributed by atoms with Crippen LogP contribution in [0.25, 0.3) is 0 Å². The van der Waals surface area contributed by atoms with Gasteiger partial charge in [0.1, 0.15) is 0 Å². The van der Waals surface area contributed by atoms with E-state index in [0.29, 0.717) is 12.1 Å². The lowest BCUT2D eigenvalue weighted by Crippen LogP contribution is -2.48. The fourth-order valence-corrected chi connectivity index (χ4v) is 3.26. The van der Waals surface area contributed by atoms with E-state index in [2.05, 4.69) is 53.4 Å². The Balaban J connectivity index is 1.72. The first kappa shape index (κ1) is 17.6. The van der Waals surface area contributed by atoms with Crippen LogP contribution >= 0.6 is 0 Å². The monoisotopic (exact) mass is 337 g/mol. The molecule has 0 saturated carbocycles. The number of piperazine rings is 1. The summed E-state index contributed by atoms with van der Waals surface area (Å²) in [7, 11) is 2.16. The molecule has 0 unspecified atom stereocenters. The number of rotatable bonds is 5. The van der Waals surface area contributed by atoms with Crippen molar-refractivity contribution in [1.29, 1.82) is 0 Å². The number of carbonyl (C=O) groups excluding carboxylic acids is 1. The summed E-state index contributed by atoms with van der Waals surface area (Å²) in [5, 5.41) is 3.13. The molecule has 132 valence electrons. The molecule has 3 rings (SSSR count). The van der Waals surface area contributed by atoms with Gasteiger partial charge in [0.05, 0.1) is 6.04 Å². The number of hydrogen-bond acceptors (Lipinski definition) is 3. The molecule has 1 amide bonds. The van der Waals surface area contributed by atoms with Gasteiger partial charge in [0.15, 0.2) is 0 Å². The molecule has 0 radical (unpaired) electrons. The number of nitrogens with one attached hydrogen (secondary N) is 1. The Hall–Kier alpha value is -2.17. The molecule has 2 aromatic carbocycles. The normalized spacial score (nSPS) is 17.2. The minimum atomic E-state index is -0.00756. The Morgan fingerprint density at radius 2 is 1.64 bits per heavy atom. The third-order valence-electron chi connectivity index (χ3n) is 4.93. The van der Waals surface area contributed by atoms with Crippen LogP contribution in [-0.4, -0.2) is 55.5 Å². The van der Waals surface area contributed by atoms with Crippen LogP contribution in [0.1, 0.15) is 27.5 Å². The maximum Gasteiger partial charge on any atom is 0.251 e. The SMILES string of the molecule is Cc1ccc([C@H](CNC(=O)c2ccccc2)N2CCN(C)CC2)cc1. The molecule has 4 nitrogen and oxygen atoms in total. The van der Waals surface area contributed by atoms with Crippen LogP contribution in [-0.2, 0) is 0 Å². The Labute approximate surface area is 150 Å². The second-order valence-corrected chi connectivity index (χ2v) is 6.84. The minimum absolute atomic E-state index is 0.00756. The zero-order chi connectivity index (χ0) is 17.6. The number of aryl methyl sites for hydroxylation is 1. The van der Waals surface area contributed by atoms with Gasteiger partial charge < -0.3 is 10.2 Å². The van der Waals surface area contributed by atoms with E-state index in [4.69, 9.17) is 0 Å². The average Bonchev–Trinajstić information content (AvgIpc) is 2.65. The zero-order valence-corrected chi connectivity index (χ0v) is 15.1. The summed E-state index contributed by atoms with van der Waals surface area (Å²) in [6.45, 7) is 6.91. The Bertz CT molecular complexity index is 676. The van der Waals surface area contributed by atoms with E-state index >= 15 is 0 Å². The molecule has 1 fully saturated rings. The summed E-state index contributed by atoms with van der Waals surface area (Å²) in [5.74, 6) is -0.00756. The quantitative estimate of drug-likeness (QED) is 0.911. The zero-order valence-electron chi connectivity index (χ0n) is 15.1. The number of likely N-dealkylation sites (N-methyl/N-ethyl adjacent to an activating group) is 1. The van der Waals surface area contributed by atoms with Crippen molar-refractivity contribution in [2.24, 2.45) is 0 Å². The molecule has 1 aliphatic rings. The maximum absolute atomic E-state index is 12.4. The van der Waals surface area contributed by atoms with Crippen molar-refractivity contribution in [3.05, 3.63) is 71.3 Å². The summed E-state index contributed by atoms with van der Waals surface area (Å²) < 4.78 is 0. The minimum Gasteiger partial charge on any atom is -0.350 e. The standard InChI is InChI=1S/C21H27N3O/c1-17-8-10-18(11-9-17)20(24-14-12-23(2)13-15-24)16-22-21(25)19-6-4-3-5-7-19/h3-11,20H,12-16H2,1-2H3,(H,22,25)/t20-/m0/s1. The van der Waals surface area contributed by atoms with Crippen molar-refractivity contribution in [2.75, 3.05) is 39.8 Å². The van der Waals surface area contributed by atoms with Gasteiger partial charge in [-0.2, -0.15) is 0 Å². The highest BCUT2D eigenvalue weighted by Gasteiger charge is 2.24. The third-order valence-corrected chi connectivity index (χ3v) is 4.93. The highest BCUT2D eigenvalue weighted by atomic mass is 16.1. The van der Waals surface area contributed by atoms with E-state index in [1.54, 1.807) is 0 Å². The van der Waals surface area contributed by atoms with Crippen LogP contribution in [0.5, 0.6) is 0 Å². The van der Waals surface area contributed by atoms with E-state index in [-0.39, 0.29) is 11.9 Å². The fraction of sp³-hybridized carbons (Fsp3) is 0.381. The largest absolute Gasteiger partial charge is 0.350 e. The number of amides is 1. The summed E-state index contributed by atoms with van der Waals surface area (Å²) in [6.07, 6.45) is 0. The van der Waals surface area contributed by atoms with Gasteiger partial charge in [-0.15, -0.1) is 0 Å². The van der Waals surface area contributed by atoms with Gasteiger partial charge in [0, 0.05) is 38.3 Å². The first-order valence-electron chi connectivity index (χ1n) is 8.96. The van der Waals surface area contributed by atoms with Crippen LogP contribution in [0.3, 0.4) is 0 Å². The smallest absolute Gasteiger partial charge is 0.251 e. The Kier molecular flexibility index (Phi) is 5.84. The van der Waals surface area contributed by atoms with E-state index in [1.165, 1.54) is 11.1 Å². The van der Waals surface area contributed by atoms with Gasteiger partial charge in [-0.1, -0.05) is 48.0 Å². The summed E-state index contributed by atoms with van der Waals surface area (Å²) >= 11 is 0. The van der Waals surface area contributed by atoms with Gasteiger partial charge in [0.25, 0.3) is 5.91 Å². The molecular formula is C21H27N3O. The highest BCUT2D eigenvalue weighted by Crippen LogP contribution is 2.22. The molecule has 0 spiro atoms. The van der Waals surface area contributed by atoms with Crippen molar-refractivity contribution < 1.29 is 4.79 Å². The molecule has 1 atom stereocenters. The van der Waals surface area contributed by atoms with Crippen molar-refractivity contribution in [3.8, 4) is 0 Å². The molecule has 25 heavy (non-hydrogen) atoms. The van der Waals surface area contributed by atoms with Gasteiger partial charge in [-0.25, -0.2) is 0 Å². The predicted molar refractivity (Wildman–Crippen MR) is 102 cm³/mol. The first-order valence-corrected chi connectivity index (χ1v) is 8.96. The van der Waals surface area contributed by atoms with E-state index in [0.717, 1.165) is 26.2 Å². The fourth-order valence-electron chi connectivity index (χ4n) is 3.26. The summed E-state index contributed by atoms with van der Waals surface area (Å²) in [4.78, 5) is 17.3. The third kappa shape index (κ3) is 4.68. The molecular weight excluding hydrogens is 310 g/mol. The highest BCUT2D eigenvalue weighted by molar-refractivity contribution is 5.94. The maximum atomic E-state index is 12.4. The van der Waals surface area contributed by atoms with Gasteiger partial charge in [-0.05, 0) is 31.7 Å². The molecule has 1 heterocycles. The number of hydrogen-bond donors (Lipinski definition) is 1.